The zero-order chi connectivity index (χ0) is 21.6. The smallest absolute Gasteiger partial charge is 0.215 e. The van der Waals surface area contributed by atoms with Crippen LogP contribution in [0.5, 0.6) is 0 Å². The number of rotatable bonds is 8. The summed E-state index contributed by atoms with van der Waals surface area (Å²) < 4.78 is 19.0. The summed E-state index contributed by atoms with van der Waals surface area (Å²) in [4.78, 5) is 16.9. The quantitative estimate of drug-likeness (QED) is 0.246. The van der Waals surface area contributed by atoms with Crippen molar-refractivity contribution >= 4 is 11.5 Å². The molecule has 31 heavy (non-hydrogen) atoms. The first kappa shape index (κ1) is 20.3. The molecule has 0 radical (unpaired) electrons. The molecule has 0 bridgehead atoms. The summed E-state index contributed by atoms with van der Waals surface area (Å²) in [6.07, 6.45) is 5.56. The molecule has 0 spiro atoms. The molecule has 2 aromatic heterocycles. The Morgan fingerprint density at radius 3 is 2.55 bits per heavy atom. The number of nitrogens with one attached hydrogen (secondary N) is 1. The van der Waals surface area contributed by atoms with Gasteiger partial charge in [-0.25, -0.2) is 9.37 Å². The van der Waals surface area contributed by atoms with Crippen molar-refractivity contribution in [2.75, 3.05) is 0 Å². The van der Waals surface area contributed by atoms with E-state index in [4.69, 9.17) is 4.42 Å². The summed E-state index contributed by atoms with van der Waals surface area (Å²) in [5.41, 5.74) is 3.02. The van der Waals surface area contributed by atoms with Crippen molar-refractivity contribution in [2.24, 2.45) is 0 Å². The number of carbonyl (C=O) groups is 1. The summed E-state index contributed by atoms with van der Waals surface area (Å²) in [5, 5.41) is 16.5. The van der Waals surface area contributed by atoms with Crippen molar-refractivity contribution < 1.29 is 18.7 Å². The summed E-state index contributed by atoms with van der Waals surface area (Å²) in [7, 11) is 0. The number of aromatic nitrogens is 3. The van der Waals surface area contributed by atoms with E-state index in [0.717, 1.165) is 17.2 Å². The molecule has 0 aliphatic carbocycles. The van der Waals surface area contributed by atoms with Gasteiger partial charge >= 0.3 is 0 Å². The lowest BCUT2D eigenvalue weighted by atomic mass is 9.97. The maximum Gasteiger partial charge on any atom is 0.215 e. The Morgan fingerprint density at radius 2 is 1.84 bits per heavy atom. The third kappa shape index (κ3) is 4.95. The molecule has 4 rings (SSSR count). The molecule has 2 N–H and O–H groups in total. The zero-order valence-electron chi connectivity index (χ0n) is 16.6. The Morgan fingerprint density at radius 1 is 1.06 bits per heavy atom. The SMILES string of the molecule is O=C(C=C(O)c1nc[nH]n1)c1c(Cc2ccc(F)cc2)coc1CCc1ccccc1. The van der Waals surface area contributed by atoms with Crippen LogP contribution in [0.25, 0.3) is 5.76 Å². The lowest BCUT2D eigenvalue weighted by Crippen LogP contribution is -2.05. The molecule has 0 unspecified atom stereocenters. The van der Waals surface area contributed by atoms with Gasteiger partial charge in [-0.05, 0) is 29.7 Å². The monoisotopic (exact) mass is 417 g/mol. The van der Waals surface area contributed by atoms with Crippen molar-refractivity contribution in [3.8, 4) is 0 Å². The second-order valence-electron chi connectivity index (χ2n) is 7.06. The highest BCUT2D eigenvalue weighted by Crippen LogP contribution is 2.24. The van der Waals surface area contributed by atoms with Crippen LogP contribution in [0.2, 0.25) is 0 Å². The number of hydrogen-bond acceptors (Lipinski definition) is 5. The molecule has 4 aromatic rings. The second kappa shape index (κ2) is 9.21. The molecule has 0 saturated heterocycles. The molecule has 0 amide bonds. The van der Waals surface area contributed by atoms with Gasteiger partial charge in [0.2, 0.25) is 5.82 Å². The van der Waals surface area contributed by atoms with E-state index in [1.54, 1.807) is 18.4 Å². The predicted molar refractivity (Wildman–Crippen MR) is 113 cm³/mol. The summed E-state index contributed by atoms with van der Waals surface area (Å²) >= 11 is 0. The third-order valence-corrected chi connectivity index (χ3v) is 4.89. The van der Waals surface area contributed by atoms with Crippen LogP contribution in [0.1, 0.15) is 38.6 Å². The molecule has 0 fully saturated rings. The molecule has 156 valence electrons. The van der Waals surface area contributed by atoms with E-state index in [2.05, 4.69) is 15.2 Å². The van der Waals surface area contributed by atoms with E-state index in [0.29, 0.717) is 36.1 Å². The molecule has 0 saturated carbocycles. The molecule has 0 aliphatic rings. The van der Waals surface area contributed by atoms with Crippen LogP contribution in [-0.4, -0.2) is 26.1 Å². The van der Waals surface area contributed by atoms with Gasteiger partial charge in [0.15, 0.2) is 11.5 Å². The lowest BCUT2D eigenvalue weighted by Gasteiger charge is -2.05. The van der Waals surface area contributed by atoms with Crippen LogP contribution < -0.4 is 0 Å². The predicted octanol–water partition coefficient (Wildman–Crippen LogP) is 4.69. The number of aromatic amines is 1. The van der Waals surface area contributed by atoms with Gasteiger partial charge in [0, 0.05) is 24.5 Å². The van der Waals surface area contributed by atoms with E-state index in [1.165, 1.54) is 18.5 Å². The van der Waals surface area contributed by atoms with Crippen molar-refractivity contribution in [3.05, 3.63) is 113 Å². The fourth-order valence-corrected chi connectivity index (χ4v) is 3.37. The number of benzene rings is 2. The number of carbonyl (C=O) groups excluding carboxylic acids is 1. The van der Waals surface area contributed by atoms with Gasteiger partial charge < -0.3 is 9.52 Å². The number of furan rings is 1. The van der Waals surface area contributed by atoms with Gasteiger partial charge in [0.25, 0.3) is 0 Å². The molecule has 7 heteroatoms. The number of H-pyrrole nitrogens is 1. The van der Waals surface area contributed by atoms with Gasteiger partial charge in [0.05, 0.1) is 11.8 Å². The zero-order valence-corrected chi connectivity index (χ0v) is 16.6. The average Bonchev–Trinajstić information content (AvgIpc) is 3.45. The number of nitrogens with zero attached hydrogens (tertiary/aromatic N) is 2. The average molecular weight is 417 g/mol. The molecular formula is C24H20FN3O3. The molecule has 0 aliphatic heterocycles. The highest BCUT2D eigenvalue weighted by molar-refractivity contribution is 6.09. The Bertz CT molecular complexity index is 1180. The summed E-state index contributed by atoms with van der Waals surface area (Å²) in [5.74, 6) is -0.506. The van der Waals surface area contributed by atoms with Crippen LogP contribution in [0.4, 0.5) is 4.39 Å². The van der Waals surface area contributed by atoms with Gasteiger partial charge in [-0.2, -0.15) is 5.10 Å². The summed E-state index contributed by atoms with van der Waals surface area (Å²) in [6, 6.07) is 16.0. The van der Waals surface area contributed by atoms with Gasteiger partial charge in [-0.15, -0.1) is 0 Å². The minimum absolute atomic E-state index is 0.0303. The molecule has 6 nitrogen and oxygen atoms in total. The van der Waals surface area contributed by atoms with Crippen molar-refractivity contribution in [1.29, 1.82) is 0 Å². The number of hydrogen-bond donors (Lipinski definition) is 2. The van der Waals surface area contributed by atoms with Gasteiger partial charge in [0.1, 0.15) is 17.9 Å². The lowest BCUT2D eigenvalue weighted by molar-refractivity contribution is 0.104. The molecule has 2 aromatic carbocycles. The number of ketones is 1. The van der Waals surface area contributed by atoms with Crippen LogP contribution in [0.15, 0.2) is 77.7 Å². The van der Waals surface area contributed by atoms with Crippen LogP contribution in [0.3, 0.4) is 0 Å². The minimum atomic E-state index is -0.406. The van der Waals surface area contributed by atoms with Gasteiger partial charge in [-0.1, -0.05) is 42.5 Å². The molecule has 0 atom stereocenters. The normalized spacial score (nSPS) is 11.6. The topological polar surface area (TPSA) is 92.0 Å². The Balaban J connectivity index is 1.64. The Hall–Kier alpha value is -4.00. The number of aryl methyl sites for hydroxylation is 2. The van der Waals surface area contributed by atoms with Crippen molar-refractivity contribution in [1.82, 2.24) is 15.2 Å². The van der Waals surface area contributed by atoms with Crippen LogP contribution in [0, 0.1) is 5.82 Å². The van der Waals surface area contributed by atoms with E-state index in [-0.39, 0.29) is 17.4 Å². The maximum absolute atomic E-state index is 13.3. The third-order valence-electron chi connectivity index (χ3n) is 4.89. The standard InChI is InChI=1S/C24H20FN3O3/c25-19-9-6-17(7-10-19)12-18-14-31-22(11-8-16-4-2-1-3-5-16)23(18)20(29)13-21(30)24-26-15-27-28-24/h1-7,9-10,13-15,30H,8,11-12H2,(H,26,27,28). The number of allylic oxidation sites excluding steroid dienone is 1. The largest absolute Gasteiger partial charge is 0.504 e. The van der Waals surface area contributed by atoms with E-state index >= 15 is 0 Å². The van der Waals surface area contributed by atoms with Crippen molar-refractivity contribution in [3.63, 3.8) is 0 Å². The first-order chi connectivity index (χ1) is 15.1. The Labute approximate surface area is 178 Å². The van der Waals surface area contributed by atoms with Crippen LogP contribution in [-0.2, 0) is 19.3 Å². The van der Waals surface area contributed by atoms with Crippen LogP contribution >= 0.6 is 0 Å². The summed E-state index contributed by atoms with van der Waals surface area (Å²) in [6.45, 7) is 0. The van der Waals surface area contributed by atoms with Crippen molar-refractivity contribution in [2.45, 2.75) is 19.3 Å². The first-order valence-corrected chi connectivity index (χ1v) is 9.79. The van der Waals surface area contributed by atoms with Gasteiger partial charge in [-0.3, -0.25) is 9.89 Å². The number of aliphatic hydroxyl groups excluding tert-OH is 1. The highest BCUT2D eigenvalue weighted by Gasteiger charge is 2.21. The van der Waals surface area contributed by atoms with E-state index < -0.39 is 5.78 Å². The first-order valence-electron chi connectivity index (χ1n) is 9.79. The van der Waals surface area contributed by atoms with E-state index in [9.17, 15) is 14.3 Å². The fraction of sp³-hybridized carbons (Fsp3) is 0.125. The molecule has 2 heterocycles. The second-order valence-corrected chi connectivity index (χ2v) is 7.06. The maximum atomic E-state index is 13.3. The van der Waals surface area contributed by atoms with E-state index in [1.807, 2.05) is 30.3 Å². The Kier molecular flexibility index (Phi) is 6.03. The number of halogens is 1. The molecular weight excluding hydrogens is 397 g/mol. The minimum Gasteiger partial charge on any atom is -0.504 e. The fourth-order valence-electron chi connectivity index (χ4n) is 3.37. The number of aliphatic hydroxyl groups is 1. The highest BCUT2D eigenvalue weighted by atomic mass is 19.1.